The van der Waals surface area contributed by atoms with E-state index in [-0.39, 0.29) is 11.0 Å². The van der Waals surface area contributed by atoms with Crippen molar-refractivity contribution < 1.29 is 19.0 Å². The summed E-state index contributed by atoms with van der Waals surface area (Å²) in [6.45, 7) is 3.96. The molecule has 0 fully saturated rings. The van der Waals surface area contributed by atoms with E-state index < -0.39 is 5.91 Å². The Hall–Kier alpha value is -3.37. The molecule has 8 nitrogen and oxygen atoms in total. The van der Waals surface area contributed by atoms with Crippen LogP contribution in [0, 0.1) is 0 Å². The number of nitrogens with one attached hydrogen (secondary N) is 2. The smallest absolute Gasteiger partial charge is 0.257 e. The van der Waals surface area contributed by atoms with E-state index in [4.69, 9.17) is 26.4 Å². The summed E-state index contributed by atoms with van der Waals surface area (Å²) >= 11 is 6.96. The van der Waals surface area contributed by atoms with E-state index in [2.05, 4.69) is 22.5 Å². The Morgan fingerprint density at radius 1 is 1.18 bits per heavy atom. The zero-order chi connectivity index (χ0) is 24.0. The molecule has 0 bridgehead atoms. The Kier molecular flexibility index (Phi) is 8.07. The summed E-state index contributed by atoms with van der Waals surface area (Å²) in [5.74, 6) is 0.787. The van der Waals surface area contributed by atoms with Crippen LogP contribution in [0.15, 0.2) is 53.8 Å². The second kappa shape index (κ2) is 11.0. The van der Waals surface area contributed by atoms with E-state index in [1.54, 1.807) is 23.5 Å². The fourth-order valence-electron chi connectivity index (χ4n) is 3.19. The van der Waals surface area contributed by atoms with E-state index in [0.29, 0.717) is 22.8 Å². The van der Waals surface area contributed by atoms with Gasteiger partial charge in [-0.1, -0.05) is 19.1 Å². The lowest BCUT2D eigenvalue weighted by Crippen LogP contribution is -2.38. The minimum Gasteiger partial charge on any atom is -0.493 e. The van der Waals surface area contributed by atoms with Crippen LogP contribution in [0.1, 0.15) is 35.8 Å². The van der Waals surface area contributed by atoms with E-state index in [1.165, 1.54) is 21.3 Å². The van der Waals surface area contributed by atoms with Crippen molar-refractivity contribution in [2.45, 2.75) is 19.8 Å². The summed E-state index contributed by atoms with van der Waals surface area (Å²) in [5.41, 5.74) is 2.01. The van der Waals surface area contributed by atoms with E-state index in [9.17, 15) is 4.79 Å². The van der Waals surface area contributed by atoms with Crippen molar-refractivity contribution in [2.75, 3.05) is 21.3 Å². The molecule has 2 N–H and O–H groups in total. The number of imidazole rings is 1. The SMILES string of the molecule is C/C=C\C(=C/C(C)c1cn2ccsc2n1)NC(=S)NC(=O)c1cc(OC)c(OC)c(OC)c1. The highest BCUT2D eigenvalue weighted by atomic mass is 32.1. The first kappa shape index (κ1) is 24.3. The highest BCUT2D eigenvalue weighted by Crippen LogP contribution is 2.38. The fourth-order valence-corrected chi connectivity index (χ4v) is 4.11. The van der Waals surface area contributed by atoms with Gasteiger partial charge in [-0.25, -0.2) is 4.98 Å². The maximum absolute atomic E-state index is 12.8. The minimum absolute atomic E-state index is 0.0319. The number of rotatable bonds is 8. The number of methoxy groups -OCH3 is 3. The monoisotopic (exact) mass is 486 g/mol. The van der Waals surface area contributed by atoms with Crippen molar-refractivity contribution in [3.05, 3.63) is 65.1 Å². The van der Waals surface area contributed by atoms with E-state index >= 15 is 0 Å². The van der Waals surface area contributed by atoms with Gasteiger partial charge < -0.3 is 19.5 Å². The predicted molar refractivity (Wildman–Crippen MR) is 134 cm³/mol. The van der Waals surface area contributed by atoms with Gasteiger partial charge in [0.15, 0.2) is 21.6 Å². The highest BCUT2D eigenvalue weighted by Gasteiger charge is 2.18. The van der Waals surface area contributed by atoms with Gasteiger partial charge in [0, 0.05) is 35.0 Å². The van der Waals surface area contributed by atoms with Crippen molar-refractivity contribution in [1.82, 2.24) is 20.0 Å². The molecule has 1 atom stereocenters. The number of carbonyl (C=O) groups excluding carboxylic acids is 1. The number of aromatic nitrogens is 2. The fraction of sp³-hybridized carbons (Fsp3) is 0.261. The average Bonchev–Trinajstić information content (AvgIpc) is 3.40. The number of thiazole rings is 1. The van der Waals surface area contributed by atoms with E-state index in [0.717, 1.165) is 16.4 Å². The van der Waals surface area contributed by atoms with Crippen molar-refractivity contribution in [2.24, 2.45) is 0 Å². The van der Waals surface area contributed by atoms with Gasteiger partial charge in [-0.05, 0) is 37.4 Å². The topological polar surface area (TPSA) is 86.1 Å². The van der Waals surface area contributed by atoms with Crippen molar-refractivity contribution in [1.29, 1.82) is 0 Å². The number of ether oxygens (including phenoxy) is 3. The molecule has 0 aliphatic rings. The molecular formula is C23H26N4O4S2. The van der Waals surface area contributed by atoms with Crippen LogP contribution in [0.2, 0.25) is 0 Å². The molecule has 3 aromatic rings. The van der Waals surface area contributed by atoms with Gasteiger partial charge >= 0.3 is 0 Å². The number of fused-ring (bicyclic) bond motifs is 1. The molecule has 2 heterocycles. The summed E-state index contributed by atoms with van der Waals surface area (Å²) in [6, 6.07) is 3.13. The summed E-state index contributed by atoms with van der Waals surface area (Å²) in [7, 11) is 4.48. The third-order valence-corrected chi connectivity index (χ3v) is 5.74. The number of thiocarbonyl (C=S) groups is 1. The molecule has 2 aromatic heterocycles. The number of hydrogen-bond donors (Lipinski definition) is 2. The number of carbonyl (C=O) groups is 1. The summed E-state index contributed by atoms with van der Waals surface area (Å²) in [4.78, 5) is 18.4. The van der Waals surface area contributed by atoms with Crippen molar-refractivity contribution in [3.63, 3.8) is 0 Å². The molecular weight excluding hydrogens is 460 g/mol. The van der Waals surface area contributed by atoms with Crippen LogP contribution >= 0.6 is 23.6 Å². The lowest BCUT2D eigenvalue weighted by atomic mass is 10.1. The summed E-state index contributed by atoms with van der Waals surface area (Å²) in [6.07, 6.45) is 9.76. The quantitative estimate of drug-likeness (QED) is 0.363. The molecule has 0 radical (unpaired) electrons. The van der Waals surface area contributed by atoms with Crippen molar-refractivity contribution >= 4 is 39.5 Å². The van der Waals surface area contributed by atoms with Gasteiger partial charge in [0.1, 0.15) is 0 Å². The molecule has 1 aromatic carbocycles. The number of hydrogen-bond acceptors (Lipinski definition) is 7. The highest BCUT2D eigenvalue weighted by molar-refractivity contribution is 7.80. The standard InChI is InChI=1S/C23H26N4O4S2/c1-6-7-16(10-14(2)17-13-27-8-9-33-23(27)25-17)24-22(32)26-21(28)15-11-18(29-3)20(31-5)19(12-15)30-4/h6-14H,1-5H3,(H2,24,26,28,32)/b7-6-,16-10+. The third-order valence-electron chi connectivity index (χ3n) is 4.77. The van der Waals surface area contributed by atoms with Gasteiger partial charge in [-0.2, -0.15) is 0 Å². The maximum atomic E-state index is 12.8. The molecule has 174 valence electrons. The van der Waals surface area contributed by atoms with Crippen molar-refractivity contribution in [3.8, 4) is 17.2 Å². The Bertz CT molecular complexity index is 1160. The zero-order valence-corrected chi connectivity index (χ0v) is 20.7. The Labute approximate surface area is 201 Å². The van der Waals surface area contributed by atoms with Crippen LogP contribution < -0.4 is 24.8 Å². The summed E-state index contributed by atoms with van der Waals surface area (Å²) in [5, 5.41) is 7.93. The van der Waals surface area contributed by atoms with Gasteiger partial charge in [0.05, 0.1) is 27.0 Å². The average molecular weight is 487 g/mol. The molecule has 3 rings (SSSR count). The molecule has 0 spiro atoms. The van der Waals surface area contributed by atoms with Gasteiger partial charge in [0.25, 0.3) is 5.91 Å². The van der Waals surface area contributed by atoms with Gasteiger partial charge in [0.2, 0.25) is 5.75 Å². The van der Waals surface area contributed by atoms with E-state index in [1.807, 2.05) is 47.3 Å². The van der Waals surface area contributed by atoms with Crippen LogP contribution in [0.5, 0.6) is 17.2 Å². The normalized spacial score (nSPS) is 12.6. The largest absolute Gasteiger partial charge is 0.493 e. The van der Waals surface area contributed by atoms with Crippen LogP contribution in [0.4, 0.5) is 0 Å². The lowest BCUT2D eigenvalue weighted by Gasteiger charge is -2.15. The Morgan fingerprint density at radius 3 is 2.45 bits per heavy atom. The third kappa shape index (κ3) is 5.71. The number of amides is 1. The molecule has 10 heteroatoms. The molecule has 1 amide bonds. The molecule has 0 aliphatic carbocycles. The molecule has 0 saturated carbocycles. The molecule has 1 unspecified atom stereocenters. The Balaban J connectivity index is 1.73. The van der Waals surface area contributed by atoms with Gasteiger partial charge in [-0.3, -0.25) is 14.5 Å². The van der Waals surface area contributed by atoms with Crippen LogP contribution in [-0.2, 0) is 0 Å². The summed E-state index contributed by atoms with van der Waals surface area (Å²) < 4.78 is 17.9. The zero-order valence-electron chi connectivity index (χ0n) is 19.0. The second-order valence-corrected chi connectivity index (χ2v) is 8.27. The first-order chi connectivity index (χ1) is 15.9. The molecule has 0 aliphatic heterocycles. The first-order valence-electron chi connectivity index (χ1n) is 10.1. The van der Waals surface area contributed by atoms with Crippen LogP contribution in [0.25, 0.3) is 4.96 Å². The minimum atomic E-state index is -0.408. The first-order valence-corrected chi connectivity index (χ1v) is 11.4. The number of benzene rings is 1. The Morgan fingerprint density at radius 2 is 1.88 bits per heavy atom. The second-order valence-electron chi connectivity index (χ2n) is 6.99. The van der Waals surface area contributed by atoms with Gasteiger partial charge in [-0.15, -0.1) is 11.3 Å². The molecule has 0 saturated heterocycles. The molecule has 33 heavy (non-hydrogen) atoms. The lowest BCUT2D eigenvalue weighted by molar-refractivity contribution is 0.0976. The van der Waals surface area contributed by atoms with Crippen LogP contribution in [-0.4, -0.2) is 41.7 Å². The maximum Gasteiger partial charge on any atom is 0.257 e. The predicted octanol–water partition coefficient (Wildman–Crippen LogP) is 4.29. The number of nitrogens with zero attached hydrogens (tertiary/aromatic N) is 2. The number of allylic oxidation sites excluding steroid dienone is 3. The van der Waals surface area contributed by atoms with Crippen LogP contribution in [0.3, 0.4) is 0 Å².